The Kier molecular flexibility index (Phi) is 11.9. The van der Waals surface area contributed by atoms with Crippen molar-refractivity contribution in [1.29, 1.82) is 0 Å². The van der Waals surface area contributed by atoms with E-state index in [1.165, 1.54) is 0 Å². The molecule has 256 valence electrons. The van der Waals surface area contributed by atoms with Crippen LogP contribution in [0.3, 0.4) is 0 Å². The first-order chi connectivity index (χ1) is 23.7. The number of hydrogen-bond acceptors (Lipinski definition) is 6. The van der Waals surface area contributed by atoms with Gasteiger partial charge in [0, 0.05) is 28.4 Å². The monoisotopic (exact) mass is 660 g/mol. The van der Waals surface area contributed by atoms with Crippen LogP contribution >= 0.6 is 0 Å². The summed E-state index contributed by atoms with van der Waals surface area (Å²) in [6.45, 7) is 19.8. The molecule has 1 aliphatic rings. The van der Waals surface area contributed by atoms with Gasteiger partial charge in [-0.1, -0.05) is 38.0 Å². The van der Waals surface area contributed by atoms with Gasteiger partial charge in [0.25, 0.3) is 0 Å². The molecule has 3 aromatic heterocycles. The Morgan fingerprint density at radius 1 is 1.12 bits per heavy atom. The molecule has 0 unspecified atom stereocenters. The first kappa shape index (κ1) is 35.4. The third-order valence-corrected chi connectivity index (χ3v) is 8.93. The molecule has 49 heavy (non-hydrogen) atoms. The standard InChI is InChI=1S/C40H49FN8/c1-8-30(23-33(9-2)44-27(5)19-28-13-15-42-16-14-28)26(4)18-34-36(10-3)47-48-39(34)40-45-37-25-43-24-35(38(37)46-40)31-20-29(21-32(41)22-31)12-11-17-49(6)7/h8-10,18,20-25,28,42,44,47H,2,4-5,11-17,19H2,1,3,6-7H3,(H,45,46)/b30-8+,33-23+,34-18+,36-10+. The third kappa shape index (κ3) is 8.99. The fourth-order valence-electron chi connectivity index (χ4n) is 6.34. The zero-order valence-corrected chi connectivity index (χ0v) is 29.3. The first-order valence-corrected chi connectivity index (χ1v) is 17.0. The lowest BCUT2D eigenvalue weighted by atomic mass is 9.93. The highest BCUT2D eigenvalue weighted by atomic mass is 19.1. The molecular weight excluding hydrogens is 611 g/mol. The quantitative estimate of drug-likeness (QED) is 0.119. The highest BCUT2D eigenvalue weighted by Crippen LogP contribution is 2.30. The number of aryl methyl sites for hydroxylation is 1. The highest BCUT2D eigenvalue weighted by molar-refractivity contribution is 5.92. The number of halogens is 1. The van der Waals surface area contributed by atoms with Gasteiger partial charge in [0.1, 0.15) is 11.5 Å². The van der Waals surface area contributed by atoms with E-state index in [-0.39, 0.29) is 5.82 Å². The van der Waals surface area contributed by atoms with Crippen molar-refractivity contribution in [2.45, 2.75) is 46.0 Å². The van der Waals surface area contributed by atoms with Crippen LogP contribution in [0.4, 0.5) is 4.39 Å². The van der Waals surface area contributed by atoms with E-state index in [4.69, 9.17) is 4.98 Å². The largest absolute Gasteiger partial charge is 0.359 e. The molecule has 0 atom stereocenters. The van der Waals surface area contributed by atoms with Crippen molar-refractivity contribution in [3.63, 3.8) is 0 Å². The SMILES string of the molecule is C=C/C(=C\C(=C/C)C(=C)/C=c1/c(-c2nc3c(-c4cc(F)cc(CCCN(C)C)c4)cncc3[nH]2)n[nH]/c1=C/C)NC(=C)CC1CCNCC1. The summed E-state index contributed by atoms with van der Waals surface area (Å²) >= 11 is 0. The second-order valence-electron chi connectivity index (χ2n) is 13.0. The smallest absolute Gasteiger partial charge is 0.159 e. The minimum absolute atomic E-state index is 0.273. The number of aromatic amines is 2. The van der Waals surface area contributed by atoms with E-state index in [9.17, 15) is 4.39 Å². The van der Waals surface area contributed by atoms with Gasteiger partial charge in [0.2, 0.25) is 0 Å². The Hall–Kier alpha value is -4.86. The number of nitrogens with zero attached hydrogens (tertiary/aromatic N) is 4. The van der Waals surface area contributed by atoms with Crippen LogP contribution in [0, 0.1) is 11.7 Å². The zero-order valence-electron chi connectivity index (χ0n) is 29.3. The minimum Gasteiger partial charge on any atom is -0.359 e. The summed E-state index contributed by atoms with van der Waals surface area (Å²) in [7, 11) is 4.09. The number of piperidine rings is 1. The van der Waals surface area contributed by atoms with E-state index >= 15 is 0 Å². The van der Waals surface area contributed by atoms with E-state index in [1.54, 1.807) is 24.5 Å². The molecule has 1 aromatic carbocycles. The number of pyridine rings is 1. The average Bonchev–Trinajstić information content (AvgIpc) is 3.70. The van der Waals surface area contributed by atoms with Crippen LogP contribution in [-0.2, 0) is 6.42 Å². The van der Waals surface area contributed by atoms with Crippen molar-refractivity contribution in [1.82, 2.24) is 40.7 Å². The molecule has 1 saturated heterocycles. The fraction of sp³-hybridized carbons (Fsp3) is 0.325. The molecule has 1 aliphatic heterocycles. The van der Waals surface area contributed by atoms with Gasteiger partial charge < -0.3 is 20.5 Å². The Morgan fingerprint density at radius 2 is 1.92 bits per heavy atom. The maximum atomic E-state index is 14.8. The van der Waals surface area contributed by atoms with Crippen LogP contribution in [0.5, 0.6) is 0 Å². The number of fused-ring (bicyclic) bond motifs is 1. The number of hydrogen-bond donors (Lipinski definition) is 4. The fourth-order valence-corrected chi connectivity index (χ4v) is 6.34. The minimum atomic E-state index is -0.273. The maximum Gasteiger partial charge on any atom is 0.159 e. The van der Waals surface area contributed by atoms with E-state index in [2.05, 4.69) is 55.4 Å². The molecule has 0 aliphatic carbocycles. The van der Waals surface area contributed by atoms with Crippen LogP contribution in [0.2, 0.25) is 0 Å². The molecule has 0 saturated carbocycles. The predicted molar refractivity (Wildman–Crippen MR) is 201 cm³/mol. The molecule has 9 heteroatoms. The van der Waals surface area contributed by atoms with Crippen LogP contribution in [0.1, 0.15) is 45.1 Å². The van der Waals surface area contributed by atoms with Crippen molar-refractivity contribution in [2.75, 3.05) is 33.7 Å². The normalized spacial score (nSPS) is 15.4. The van der Waals surface area contributed by atoms with Gasteiger partial charge in [-0.3, -0.25) is 10.1 Å². The summed E-state index contributed by atoms with van der Waals surface area (Å²) in [6.07, 6.45) is 18.3. The lowest BCUT2D eigenvalue weighted by Gasteiger charge is -2.24. The molecule has 0 bridgehead atoms. The van der Waals surface area contributed by atoms with Gasteiger partial charge in [-0.25, -0.2) is 9.37 Å². The second kappa shape index (κ2) is 16.5. The summed E-state index contributed by atoms with van der Waals surface area (Å²) in [6, 6.07) is 5.19. The molecule has 0 radical (unpaired) electrons. The zero-order chi connectivity index (χ0) is 34.9. The first-order valence-electron chi connectivity index (χ1n) is 17.0. The molecule has 0 amide bonds. The maximum absolute atomic E-state index is 14.8. The van der Waals surface area contributed by atoms with Crippen molar-refractivity contribution in [3.05, 3.63) is 113 Å². The predicted octanol–water partition coefficient (Wildman–Crippen LogP) is 6.29. The van der Waals surface area contributed by atoms with E-state index in [1.807, 2.05) is 64.4 Å². The number of benzene rings is 1. The van der Waals surface area contributed by atoms with E-state index < -0.39 is 0 Å². The number of imidazole rings is 1. The van der Waals surface area contributed by atoms with Gasteiger partial charge in [-0.05, 0) is 138 Å². The lowest BCUT2D eigenvalue weighted by molar-refractivity contribution is 0.368. The Labute approximate surface area is 289 Å². The van der Waals surface area contributed by atoms with Gasteiger partial charge in [-0.15, -0.1) is 0 Å². The van der Waals surface area contributed by atoms with Crippen LogP contribution in [-0.4, -0.2) is 63.8 Å². The van der Waals surface area contributed by atoms with Crippen molar-refractivity contribution >= 4 is 23.2 Å². The molecule has 4 heterocycles. The van der Waals surface area contributed by atoms with Crippen molar-refractivity contribution in [2.24, 2.45) is 5.92 Å². The summed E-state index contributed by atoms with van der Waals surface area (Å²) in [5, 5.41) is 16.4. The molecule has 5 rings (SSSR count). The Morgan fingerprint density at radius 3 is 2.63 bits per heavy atom. The third-order valence-electron chi connectivity index (χ3n) is 8.93. The molecule has 8 nitrogen and oxygen atoms in total. The number of nitrogens with one attached hydrogen (secondary N) is 4. The number of aromatic nitrogens is 5. The summed E-state index contributed by atoms with van der Waals surface area (Å²) in [4.78, 5) is 15.0. The van der Waals surface area contributed by atoms with Gasteiger partial charge in [0.15, 0.2) is 5.82 Å². The van der Waals surface area contributed by atoms with Gasteiger partial charge >= 0.3 is 0 Å². The van der Waals surface area contributed by atoms with Gasteiger partial charge in [-0.2, -0.15) is 5.10 Å². The van der Waals surface area contributed by atoms with Gasteiger partial charge in [0.05, 0.1) is 22.6 Å². The number of allylic oxidation sites excluding steroid dienone is 6. The molecule has 0 spiro atoms. The van der Waals surface area contributed by atoms with Crippen LogP contribution < -0.4 is 21.2 Å². The highest BCUT2D eigenvalue weighted by Gasteiger charge is 2.17. The molecule has 4 N–H and O–H groups in total. The molecular formula is C40H49FN8. The second-order valence-corrected chi connectivity index (χ2v) is 13.0. The van der Waals surface area contributed by atoms with Crippen molar-refractivity contribution in [3.8, 4) is 22.6 Å². The summed E-state index contributed by atoms with van der Waals surface area (Å²) < 4.78 is 14.8. The number of H-pyrrole nitrogens is 2. The van der Waals surface area contributed by atoms with E-state index in [0.29, 0.717) is 23.0 Å². The van der Waals surface area contributed by atoms with Crippen LogP contribution in [0.15, 0.2) is 91.1 Å². The van der Waals surface area contributed by atoms with Crippen LogP contribution in [0.25, 0.3) is 45.8 Å². The summed E-state index contributed by atoms with van der Waals surface area (Å²) in [5.74, 6) is 0.940. The molecule has 1 fully saturated rings. The Balaban J connectivity index is 1.44. The lowest BCUT2D eigenvalue weighted by Crippen LogP contribution is -2.28. The Bertz CT molecular complexity index is 2000. The average molecular weight is 661 g/mol. The topological polar surface area (TPSA) is 97.6 Å². The number of rotatable bonds is 14. The molecule has 4 aromatic rings. The van der Waals surface area contributed by atoms with E-state index in [0.717, 1.165) is 107 Å². The van der Waals surface area contributed by atoms with Crippen molar-refractivity contribution < 1.29 is 4.39 Å². The summed E-state index contributed by atoms with van der Waals surface area (Å²) in [5.41, 5.74) is 8.14.